The summed E-state index contributed by atoms with van der Waals surface area (Å²) in [6.07, 6.45) is 1.44. The van der Waals surface area contributed by atoms with Crippen LogP contribution in [0.25, 0.3) is 0 Å². The van der Waals surface area contributed by atoms with Gasteiger partial charge >= 0.3 is 0 Å². The molecule has 7 heteroatoms. The van der Waals surface area contributed by atoms with E-state index in [2.05, 4.69) is 0 Å². The van der Waals surface area contributed by atoms with E-state index >= 15 is 0 Å². The van der Waals surface area contributed by atoms with Crippen molar-refractivity contribution in [2.75, 3.05) is 26.8 Å². The third-order valence-electron chi connectivity index (χ3n) is 3.98. The minimum atomic E-state index is -0.307. The number of carbonyl (C=O) groups is 2. The van der Waals surface area contributed by atoms with Crippen LogP contribution in [0.4, 0.5) is 0 Å². The fourth-order valence-corrected chi connectivity index (χ4v) is 2.53. The molecule has 2 aromatic rings. The fraction of sp³-hybridized carbons (Fsp3) is 0.474. The normalized spacial score (nSPS) is 11.0. The van der Waals surface area contributed by atoms with E-state index in [1.54, 1.807) is 24.1 Å². The van der Waals surface area contributed by atoms with E-state index in [0.29, 0.717) is 25.5 Å². The Hall–Kier alpha value is -2.54. The molecule has 0 bridgehead atoms. The van der Waals surface area contributed by atoms with Gasteiger partial charge < -0.3 is 23.4 Å². The summed E-state index contributed by atoms with van der Waals surface area (Å²) in [5, 5.41) is 0. The molecule has 142 valence electrons. The molecule has 0 saturated carbocycles. The Balaban J connectivity index is 2.10. The van der Waals surface area contributed by atoms with Crippen molar-refractivity contribution in [1.82, 2.24) is 9.80 Å². The van der Waals surface area contributed by atoms with Gasteiger partial charge in [0, 0.05) is 19.7 Å². The Labute approximate surface area is 153 Å². The van der Waals surface area contributed by atoms with E-state index in [1.807, 2.05) is 32.9 Å². The Morgan fingerprint density at radius 1 is 1.23 bits per heavy atom. The van der Waals surface area contributed by atoms with E-state index in [9.17, 15) is 9.59 Å². The number of nitrogens with zero attached hydrogens (tertiary/aromatic N) is 2. The average Bonchev–Trinajstić information content (AvgIpc) is 3.27. The molecule has 0 aromatic carbocycles. The molecule has 0 aliphatic rings. The first-order valence-electron chi connectivity index (χ1n) is 8.59. The lowest BCUT2D eigenvalue weighted by Crippen LogP contribution is -2.46. The SMILES string of the molecule is COCCN(Cc1ccc(C)o1)C(=O)CN(C(=O)c1ccco1)C(C)C. The zero-order valence-electron chi connectivity index (χ0n) is 15.7. The fourth-order valence-electron chi connectivity index (χ4n) is 2.53. The topological polar surface area (TPSA) is 76.1 Å². The van der Waals surface area contributed by atoms with Crippen LogP contribution in [0.15, 0.2) is 39.4 Å². The van der Waals surface area contributed by atoms with Crippen LogP contribution < -0.4 is 0 Å². The maximum Gasteiger partial charge on any atom is 0.290 e. The van der Waals surface area contributed by atoms with Crippen LogP contribution in [0.3, 0.4) is 0 Å². The first-order chi connectivity index (χ1) is 12.4. The van der Waals surface area contributed by atoms with Gasteiger partial charge in [-0.15, -0.1) is 0 Å². The highest BCUT2D eigenvalue weighted by molar-refractivity contribution is 5.94. The van der Waals surface area contributed by atoms with Gasteiger partial charge in [-0.25, -0.2) is 0 Å². The van der Waals surface area contributed by atoms with Gasteiger partial charge in [-0.2, -0.15) is 0 Å². The van der Waals surface area contributed by atoms with Crippen molar-refractivity contribution in [3.05, 3.63) is 47.8 Å². The number of furan rings is 2. The molecule has 26 heavy (non-hydrogen) atoms. The van der Waals surface area contributed by atoms with Crippen LogP contribution in [0.1, 0.15) is 35.9 Å². The Bertz CT molecular complexity index is 705. The highest BCUT2D eigenvalue weighted by Crippen LogP contribution is 2.13. The van der Waals surface area contributed by atoms with E-state index in [4.69, 9.17) is 13.6 Å². The standard InChI is InChI=1S/C19H26N2O5/c1-14(2)21(19(23)17-6-5-10-25-17)13-18(22)20(9-11-24-4)12-16-8-7-15(3)26-16/h5-8,10,14H,9,11-13H2,1-4H3. The molecule has 0 atom stereocenters. The number of ether oxygens (including phenoxy) is 1. The second-order valence-corrected chi connectivity index (χ2v) is 6.32. The molecule has 0 spiro atoms. The van der Waals surface area contributed by atoms with Crippen LogP contribution in [-0.2, 0) is 16.1 Å². The molecule has 2 heterocycles. The number of hydrogen-bond donors (Lipinski definition) is 0. The monoisotopic (exact) mass is 362 g/mol. The largest absolute Gasteiger partial charge is 0.464 e. The molecular weight excluding hydrogens is 336 g/mol. The molecule has 0 radical (unpaired) electrons. The summed E-state index contributed by atoms with van der Waals surface area (Å²) in [5.41, 5.74) is 0. The van der Waals surface area contributed by atoms with Gasteiger partial charge in [0.15, 0.2) is 5.76 Å². The molecule has 0 fully saturated rings. The molecule has 0 aliphatic carbocycles. The van der Waals surface area contributed by atoms with E-state index in [1.165, 1.54) is 11.2 Å². The molecular formula is C19H26N2O5. The third-order valence-corrected chi connectivity index (χ3v) is 3.98. The first-order valence-corrected chi connectivity index (χ1v) is 8.59. The van der Waals surface area contributed by atoms with Crippen molar-refractivity contribution in [2.45, 2.75) is 33.4 Å². The summed E-state index contributed by atoms with van der Waals surface area (Å²) < 4.78 is 15.9. The van der Waals surface area contributed by atoms with Gasteiger partial charge in [0.1, 0.15) is 18.1 Å². The second-order valence-electron chi connectivity index (χ2n) is 6.32. The summed E-state index contributed by atoms with van der Waals surface area (Å²) in [7, 11) is 1.58. The van der Waals surface area contributed by atoms with Gasteiger partial charge in [-0.1, -0.05) is 0 Å². The lowest BCUT2D eigenvalue weighted by Gasteiger charge is -2.29. The van der Waals surface area contributed by atoms with Gasteiger partial charge in [-0.05, 0) is 45.0 Å². The van der Waals surface area contributed by atoms with E-state index in [0.717, 1.165) is 5.76 Å². The second kappa shape index (κ2) is 9.24. The molecule has 0 N–H and O–H groups in total. The highest BCUT2D eigenvalue weighted by atomic mass is 16.5. The van der Waals surface area contributed by atoms with Crippen LogP contribution in [0.5, 0.6) is 0 Å². The van der Waals surface area contributed by atoms with Crippen molar-refractivity contribution in [3.63, 3.8) is 0 Å². The summed E-state index contributed by atoms with van der Waals surface area (Å²) in [6.45, 7) is 6.69. The zero-order valence-corrected chi connectivity index (χ0v) is 15.7. The minimum absolute atomic E-state index is 0.0411. The number of hydrogen-bond acceptors (Lipinski definition) is 5. The molecule has 2 amide bonds. The molecule has 2 rings (SSSR count). The quantitative estimate of drug-likeness (QED) is 0.685. The average molecular weight is 362 g/mol. The number of amides is 2. The van der Waals surface area contributed by atoms with Crippen LogP contribution in [0.2, 0.25) is 0 Å². The zero-order chi connectivity index (χ0) is 19.1. The maximum absolute atomic E-state index is 12.9. The maximum atomic E-state index is 12.9. The van der Waals surface area contributed by atoms with Gasteiger partial charge in [-0.3, -0.25) is 9.59 Å². The van der Waals surface area contributed by atoms with Crippen molar-refractivity contribution in [1.29, 1.82) is 0 Å². The van der Waals surface area contributed by atoms with Gasteiger partial charge in [0.25, 0.3) is 5.91 Å². The number of aryl methyl sites for hydroxylation is 1. The van der Waals surface area contributed by atoms with Crippen molar-refractivity contribution < 1.29 is 23.2 Å². The summed E-state index contributed by atoms with van der Waals surface area (Å²) in [6, 6.07) is 6.80. The Morgan fingerprint density at radius 2 is 2.00 bits per heavy atom. The van der Waals surface area contributed by atoms with Gasteiger partial charge in [0.2, 0.25) is 5.91 Å². The molecule has 0 unspecified atom stereocenters. The highest BCUT2D eigenvalue weighted by Gasteiger charge is 2.26. The molecule has 0 saturated heterocycles. The van der Waals surface area contributed by atoms with Crippen molar-refractivity contribution in [3.8, 4) is 0 Å². The van der Waals surface area contributed by atoms with Crippen LogP contribution >= 0.6 is 0 Å². The Kier molecular flexibility index (Phi) is 7.03. The summed E-state index contributed by atoms with van der Waals surface area (Å²) in [4.78, 5) is 28.6. The van der Waals surface area contributed by atoms with E-state index in [-0.39, 0.29) is 30.2 Å². The summed E-state index contributed by atoms with van der Waals surface area (Å²) in [5.74, 6) is 1.22. The lowest BCUT2D eigenvalue weighted by atomic mass is 10.2. The minimum Gasteiger partial charge on any atom is -0.464 e. The lowest BCUT2D eigenvalue weighted by molar-refractivity contribution is -0.133. The Morgan fingerprint density at radius 3 is 2.54 bits per heavy atom. The molecule has 7 nitrogen and oxygen atoms in total. The molecule has 2 aromatic heterocycles. The first kappa shape index (κ1) is 19.8. The third kappa shape index (κ3) is 5.23. The van der Waals surface area contributed by atoms with Crippen molar-refractivity contribution >= 4 is 11.8 Å². The van der Waals surface area contributed by atoms with Crippen LogP contribution in [0, 0.1) is 6.92 Å². The predicted molar refractivity (Wildman–Crippen MR) is 95.6 cm³/mol. The smallest absolute Gasteiger partial charge is 0.290 e. The number of rotatable bonds is 9. The predicted octanol–water partition coefficient (Wildman–Crippen LogP) is 2.71. The van der Waals surface area contributed by atoms with Crippen molar-refractivity contribution in [2.24, 2.45) is 0 Å². The molecule has 0 aliphatic heterocycles. The summed E-state index contributed by atoms with van der Waals surface area (Å²) >= 11 is 0. The van der Waals surface area contributed by atoms with Crippen LogP contribution in [-0.4, -0.2) is 54.5 Å². The number of carbonyl (C=O) groups excluding carboxylic acids is 2. The number of methoxy groups -OCH3 is 1. The van der Waals surface area contributed by atoms with E-state index < -0.39 is 0 Å². The van der Waals surface area contributed by atoms with Gasteiger partial charge in [0.05, 0.1) is 19.4 Å².